The Hall–Kier alpha value is -2.44. The Kier molecular flexibility index (Phi) is 2.50. The van der Waals surface area contributed by atoms with Crippen LogP contribution in [0.2, 0.25) is 0 Å². The molecular formula is C9H8N4O3. The Morgan fingerprint density at radius 3 is 2.81 bits per heavy atom. The van der Waals surface area contributed by atoms with Crippen LogP contribution in [0.15, 0.2) is 30.6 Å². The van der Waals surface area contributed by atoms with Crippen LogP contribution in [0.1, 0.15) is 0 Å². The molecule has 0 N–H and O–H groups in total. The lowest BCUT2D eigenvalue weighted by atomic mass is 10.3. The SMILES string of the molecule is COc1ccccc1-n1cnc([N+](=O)[O-])n1. The summed E-state index contributed by atoms with van der Waals surface area (Å²) in [5, 5.41) is 14.2. The van der Waals surface area contributed by atoms with Gasteiger partial charge in [-0.15, -0.1) is 4.68 Å². The molecule has 1 aromatic heterocycles. The fourth-order valence-corrected chi connectivity index (χ4v) is 1.27. The summed E-state index contributed by atoms with van der Waals surface area (Å²) in [5.41, 5.74) is 0.602. The van der Waals surface area contributed by atoms with Gasteiger partial charge < -0.3 is 14.9 Å². The zero-order valence-electron chi connectivity index (χ0n) is 8.40. The van der Waals surface area contributed by atoms with Gasteiger partial charge in [0, 0.05) is 5.10 Å². The minimum Gasteiger partial charge on any atom is -0.494 e. The second-order valence-electron chi connectivity index (χ2n) is 2.92. The number of benzene rings is 1. The lowest BCUT2D eigenvalue weighted by Crippen LogP contribution is -1.99. The molecule has 0 unspecified atom stereocenters. The van der Waals surface area contributed by atoms with E-state index in [1.165, 1.54) is 18.1 Å². The molecular weight excluding hydrogens is 212 g/mol. The molecule has 2 rings (SSSR count). The molecule has 0 saturated carbocycles. The summed E-state index contributed by atoms with van der Waals surface area (Å²) < 4.78 is 6.41. The van der Waals surface area contributed by atoms with Gasteiger partial charge >= 0.3 is 5.95 Å². The zero-order valence-corrected chi connectivity index (χ0v) is 8.40. The maximum absolute atomic E-state index is 10.4. The summed E-state index contributed by atoms with van der Waals surface area (Å²) in [6, 6.07) is 7.05. The Balaban J connectivity index is 2.46. The fourth-order valence-electron chi connectivity index (χ4n) is 1.27. The number of hydrogen-bond donors (Lipinski definition) is 0. The average Bonchev–Trinajstić information content (AvgIpc) is 2.78. The van der Waals surface area contributed by atoms with Crippen LogP contribution in [0.25, 0.3) is 5.69 Å². The van der Waals surface area contributed by atoms with E-state index in [9.17, 15) is 10.1 Å². The van der Waals surface area contributed by atoms with Gasteiger partial charge in [0.05, 0.1) is 7.11 Å². The van der Waals surface area contributed by atoms with Crippen LogP contribution >= 0.6 is 0 Å². The van der Waals surface area contributed by atoms with Gasteiger partial charge in [-0.1, -0.05) is 17.1 Å². The molecule has 7 nitrogen and oxygen atoms in total. The summed E-state index contributed by atoms with van der Waals surface area (Å²) in [6.45, 7) is 0. The van der Waals surface area contributed by atoms with Crippen molar-refractivity contribution in [1.29, 1.82) is 0 Å². The third kappa shape index (κ3) is 1.70. The van der Waals surface area contributed by atoms with E-state index in [-0.39, 0.29) is 0 Å². The van der Waals surface area contributed by atoms with Crippen molar-refractivity contribution >= 4 is 5.95 Å². The van der Waals surface area contributed by atoms with Gasteiger partial charge in [-0.25, -0.2) is 0 Å². The Labute approximate surface area is 90.4 Å². The number of methoxy groups -OCH3 is 1. The first-order chi connectivity index (χ1) is 7.72. The number of nitrogens with zero attached hydrogens (tertiary/aromatic N) is 4. The number of nitro groups is 1. The van der Waals surface area contributed by atoms with E-state index in [1.54, 1.807) is 24.3 Å². The Morgan fingerprint density at radius 2 is 2.19 bits per heavy atom. The summed E-state index contributed by atoms with van der Waals surface area (Å²) in [6.07, 6.45) is 1.27. The fraction of sp³-hybridized carbons (Fsp3) is 0.111. The molecule has 0 fully saturated rings. The predicted molar refractivity (Wildman–Crippen MR) is 54.6 cm³/mol. The molecule has 0 aliphatic heterocycles. The van der Waals surface area contributed by atoms with E-state index in [0.717, 1.165) is 0 Å². The first kappa shape index (κ1) is 10.1. The molecule has 82 valence electrons. The van der Waals surface area contributed by atoms with Crippen LogP contribution in [0.3, 0.4) is 0 Å². The Bertz CT molecular complexity index is 523. The molecule has 0 amide bonds. The predicted octanol–water partition coefficient (Wildman–Crippen LogP) is 1.18. The molecule has 16 heavy (non-hydrogen) atoms. The normalized spacial score (nSPS) is 10.1. The second-order valence-corrected chi connectivity index (χ2v) is 2.92. The van der Waals surface area contributed by atoms with E-state index in [0.29, 0.717) is 11.4 Å². The molecule has 0 bridgehead atoms. The van der Waals surface area contributed by atoms with Crippen molar-refractivity contribution in [3.05, 3.63) is 40.7 Å². The highest BCUT2D eigenvalue weighted by Crippen LogP contribution is 2.21. The summed E-state index contributed by atoms with van der Waals surface area (Å²) >= 11 is 0. The third-order valence-corrected chi connectivity index (χ3v) is 1.98. The molecule has 2 aromatic rings. The van der Waals surface area contributed by atoms with Crippen molar-refractivity contribution < 1.29 is 9.66 Å². The first-order valence-corrected chi connectivity index (χ1v) is 4.42. The van der Waals surface area contributed by atoms with Crippen LogP contribution in [-0.4, -0.2) is 26.8 Å². The Morgan fingerprint density at radius 1 is 1.44 bits per heavy atom. The summed E-state index contributed by atoms with van der Waals surface area (Å²) in [5.74, 6) is 0.133. The largest absolute Gasteiger partial charge is 0.494 e. The molecule has 0 saturated heterocycles. The zero-order chi connectivity index (χ0) is 11.5. The van der Waals surface area contributed by atoms with Crippen LogP contribution in [0.4, 0.5) is 5.95 Å². The molecule has 1 aromatic carbocycles. The minimum atomic E-state index is -0.647. The topological polar surface area (TPSA) is 83.1 Å². The quantitative estimate of drug-likeness (QED) is 0.573. The molecule has 7 heteroatoms. The van der Waals surface area contributed by atoms with Gasteiger partial charge in [-0.2, -0.15) is 0 Å². The van der Waals surface area contributed by atoms with Crippen LogP contribution < -0.4 is 4.74 Å². The standard InChI is InChI=1S/C9H8N4O3/c1-16-8-5-3-2-4-7(8)12-6-10-9(11-12)13(14)15/h2-6H,1H3. The molecule has 0 radical (unpaired) electrons. The summed E-state index contributed by atoms with van der Waals surface area (Å²) in [4.78, 5) is 13.4. The highest BCUT2D eigenvalue weighted by molar-refractivity contribution is 5.45. The van der Waals surface area contributed by atoms with Crippen molar-refractivity contribution in [2.75, 3.05) is 7.11 Å². The molecule has 0 aliphatic rings. The van der Waals surface area contributed by atoms with Crippen molar-refractivity contribution in [1.82, 2.24) is 14.8 Å². The monoisotopic (exact) mass is 220 g/mol. The molecule has 0 atom stereocenters. The minimum absolute atomic E-state index is 0.439. The molecule has 1 heterocycles. The van der Waals surface area contributed by atoms with Gasteiger partial charge in [0.1, 0.15) is 11.4 Å². The van der Waals surface area contributed by atoms with Gasteiger partial charge in [0.15, 0.2) is 0 Å². The third-order valence-electron chi connectivity index (χ3n) is 1.98. The van der Waals surface area contributed by atoms with Gasteiger partial charge in [0.25, 0.3) is 0 Å². The average molecular weight is 220 g/mol. The van der Waals surface area contributed by atoms with Gasteiger partial charge in [0.2, 0.25) is 6.33 Å². The van der Waals surface area contributed by atoms with Crippen molar-refractivity contribution in [2.24, 2.45) is 0 Å². The number of rotatable bonds is 3. The van der Waals surface area contributed by atoms with E-state index in [1.807, 2.05) is 0 Å². The molecule has 0 aliphatic carbocycles. The lowest BCUT2D eigenvalue weighted by Gasteiger charge is -2.03. The van der Waals surface area contributed by atoms with Crippen LogP contribution in [0, 0.1) is 10.1 Å². The number of aromatic nitrogens is 3. The van der Waals surface area contributed by atoms with E-state index in [4.69, 9.17) is 4.74 Å². The van der Waals surface area contributed by atoms with Crippen molar-refractivity contribution in [3.8, 4) is 11.4 Å². The van der Waals surface area contributed by atoms with Crippen LogP contribution in [-0.2, 0) is 0 Å². The first-order valence-electron chi connectivity index (χ1n) is 4.42. The van der Waals surface area contributed by atoms with Gasteiger partial charge in [-0.05, 0) is 17.1 Å². The van der Waals surface area contributed by atoms with Crippen molar-refractivity contribution in [2.45, 2.75) is 0 Å². The number of para-hydroxylation sites is 2. The lowest BCUT2D eigenvalue weighted by molar-refractivity contribution is -0.394. The van der Waals surface area contributed by atoms with E-state index >= 15 is 0 Å². The maximum atomic E-state index is 10.4. The van der Waals surface area contributed by atoms with E-state index in [2.05, 4.69) is 10.1 Å². The second kappa shape index (κ2) is 3.97. The summed E-state index contributed by atoms with van der Waals surface area (Å²) in [7, 11) is 1.52. The van der Waals surface area contributed by atoms with Crippen LogP contribution in [0.5, 0.6) is 5.75 Å². The smallest absolute Gasteiger partial charge is 0.491 e. The number of hydrogen-bond acceptors (Lipinski definition) is 5. The van der Waals surface area contributed by atoms with E-state index < -0.39 is 10.9 Å². The highest BCUT2D eigenvalue weighted by Gasteiger charge is 2.16. The van der Waals surface area contributed by atoms with Crippen molar-refractivity contribution in [3.63, 3.8) is 0 Å². The molecule has 0 spiro atoms. The highest BCUT2D eigenvalue weighted by atomic mass is 16.6. The van der Waals surface area contributed by atoms with Gasteiger partial charge in [-0.3, -0.25) is 0 Å². The maximum Gasteiger partial charge on any atom is 0.491 e. The number of ether oxygens (including phenoxy) is 1.